The average Bonchev–Trinajstić information content (AvgIpc) is 2.77. The van der Waals surface area contributed by atoms with Crippen molar-refractivity contribution in [2.75, 3.05) is 5.84 Å². The van der Waals surface area contributed by atoms with Crippen LogP contribution in [0.25, 0.3) is 0 Å². The fraction of sp³-hybridized carbons (Fsp3) is 0.111. The van der Waals surface area contributed by atoms with Crippen molar-refractivity contribution >= 4 is 34.8 Å². The number of nitrogens with two attached hydrogens (primary N) is 1. The molecule has 0 radical (unpaired) electrons. The molecule has 11 heteroatoms. The first-order valence-electron chi connectivity index (χ1n) is 5.14. The Balaban J connectivity index is 2.21. The van der Waals surface area contributed by atoms with E-state index in [4.69, 9.17) is 29.0 Å². The van der Waals surface area contributed by atoms with Crippen molar-refractivity contribution in [1.82, 2.24) is 14.9 Å². The van der Waals surface area contributed by atoms with Crippen molar-refractivity contribution in [3.05, 3.63) is 44.2 Å². The largest absolute Gasteiger partial charge is 0.335 e. The third kappa shape index (κ3) is 3.00. The van der Waals surface area contributed by atoms with Gasteiger partial charge in [0.2, 0.25) is 0 Å². The van der Waals surface area contributed by atoms with Gasteiger partial charge in [-0.3, -0.25) is 10.1 Å². The number of nitrogens with zero attached hydrogens (tertiary/aromatic N) is 6. The summed E-state index contributed by atoms with van der Waals surface area (Å²) in [5.74, 6) is 5.54. The van der Waals surface area contributed by atoms with E-state index in [0.717, 1.165) is 4.68 Å². The van der Waals surface area contributed by atoms with Gasteiger partial charge in [0.05, 0.1) is 11.5 Å². The van der Waals surface area contributed by atoms with Gasteiger partial charge in [0.15, 0.2) is 0 Å². The average molecular weight is 316 g/mol. The topological polar surface area (TPSA) is 125 Å². The first-order chi connectivity index (χ1) is 9.49. The Morgan fingerprint density at radius 3 is 2.75 bits per heavy atom. The molecule has 0 bridgehead atoms. The molecule has 1 aromatic carbocycles. The zero-order chi connectivity index (χ0) is 14.7. The van der Waals surface area contributed by atoms with E-state index in [1.807, 2.05) is 0 Å². The second kappa shape index (κ2) is 5.80. The van der Waals surface area contributed by atoms with Crippen LogP contribution >= 0.6 is 23.2 Å². The SMILES string of the molecule is Nn1cnnc1N=NCc1cc([N+](=O)[O-])c(Cl)cc1Cl. The molecule has 0 atom stereocenters. The van der Waals surface area contributed by atoms with Gasteiger partial charge < -0.3 is 5.84 Å². The molecule has 0 aliphatic carbocycles. The van der Waals surface area contributed by atoms with Crippen molar-refractivity contribution in [3.8, 4) is 0 Å². The Morgan fingerprint density at radius 1 is 1.40 bits per heavy atom. The summed E-state index contributed by atoms with van der Waals surface area (Å²) < 4.78 is 1.08. The van der Waals surface area contributed by atoms with E-state index in [2.05, 4.69) is 20.4 Å². The summed E-state index contributed by atoms with van der Waals surface area (Å²) in [6.07, 6.45) is 1.26. The molecule has 0 fully saturated rings. The summed E-state index contributed by atoms with van der Waals surface area (Å²) in [5, 5.41) is 25.6. The lowest BCUT2D eigenvalue weighted by Gasteiger charge is -2.02. The highest BCUT2D eigenvalue weighted by Crippen LogP contribution is 2.31. The molecule has 0 aliphatic heterocycles. The monoisotopic (exact) mass is 315 g/mol. The van der Waals surface area contributed by atoms with Crippen LogP contribution in [-0.4, -0.2) is 19.8 Å². The molecule has 0 unspecified atom stereocenters. The molecular formula is C9H7Cl2N7O2. The van der Waals surface area contributed by atoms with Crippen LogP contribution in [0.2, 0.25) is 10.0 Å². The number of aromatic nitrogens is 3. The Labute approximate surface area is 122 Å². The summed E-state index contributed by atoms with van der Waals surface area (Å²) in [6, 6.07) is 2.54. The molecule has 2 N–H and O–H groups in total. The number of rotatable bonds is 4. The minimum Gasteiger partial charge on any atom is -0.335 e. The third-order valence-corrected chi connectivity index (χ3v) is 2.92. The van der Waals surface area contributed by atoms with Crippen LogP contribution in [0, 0.1) is 10.1 Å². The van der Waals surface area contributed by atoms with E-state index < -0.39 is 4.92 Å². The molecule has 104 valence electrons. The lowest BCUT2D eigenvalue weighted by molar-refractivity contribution is -0.384. The highest BCUT2D eigenvalue weighted by molar-refractivity contribution is 6.36. The second-order valence-electron chi connectivity index (χ2n) is 3.59. The number of nitro benzene ring substituents is 1. The van der Waals surface area contributed by atoms with E-state index in [0.29, 0.717) is 5.56 Å². The molecular weight excluding hydrogens is 309 g/mol. The van der Waals surface area contributed by atoms with Gasteiger partial charge in [-0.2, -0.15) is 5.11 Å². The number of nitrogen functional groups attached to an aromatic ring is 1. The number of halogens is 2. The fourth-order valence-corrected chi connectivity index (χ4v) is 1.84. The number of nitro groups is 1. The van der Waals surface area contributed by atoms with E-state index in [1.165, 1.54) is 18.5 Å². The minimum atomic E-state index is -0.601. The Hall–Kier alpha value is -2.26. The van der Waals surface area contributed by atoms with Crippen LogP contribution in [0.3, 0.4) is 0 Å². The van der Waals surface area contributed by atoms with E-state index in [-0.39, 0.29) is 28.2 Å². The van der Waals surface area contributed by atoms with Crippen molar-refractivity contribution in [2.45, 2.75) is 6.54 Å². The molecule has 20 heavy (non-hydrogen) atoms. The van der Waals surface area contributed by atoms with E-state index in [9.17, 15) is 10.1 Å². The Morgan fingerprint density at radius 2 is 2.15 bits per heavy atom. The van der Waals surface area contributed by atoms with Crippen molar-refractivity contribution < 1.29 is 4.92 Å². The maximum atomic E-state index is 10.8. The molecule has 9 nitrogen and oxygen atoms in total. The summed E-state index contributed by atoms with van der Waals surface area (Å²) in [5.41, 5.74) is 0.165. The van der Waals surface area contributed by atoms with Crippen LogP contribution in [-0.2, 0) is 6.54 Å². The summed E-state index contributed by atoms with van der Waals surface area (Å²) >= 11 is 11.6. The highest BCUT2D eigenvalue weighted by Gasteiger charge is 2.15. The lowest BCUT2D eigenvalue weighted by atomic mass is 10.2. The number of benzene rings is 1. The molecule has 2 aromatic rings. The van der Waals surface area contributed by atoms with E-state index >= 15 is 0 Å². The van der Waals surface area contributed by atoms with Gasteiger partial charge in [0.1, 0.15) is 11.3 Å². The first kappa shape index (κ1) is 14.2. The van der Waals surface area contributed by atoms with Crippen molar-refractivity contribution in [1.29, 1.82) is 0 Å². The maximum Gasteiger partial charge on any atom is 0.288 e. The quantitative estimate of drug-likeness (QED) is 0.401. The molecule has 1 heterocycles. The fourth-order valence-electron chi connectivity index (χ4n) is 1.32. The van der Waals surface area contributed by atoms with Gasteiger partial charge in [-0.1, -0.05) is 23.2 Å². The molecule has 0 saturated carbocycles. The molecule has 1 aromatic heterocycles. The Bertz CT molecular complexity index is 685. The molecule has 0 saturated heterocycles. The molecule has 0 spiro atoms. The maximum absolute atomic E-state index is 10.8. The highest BCUT2D eigenvalue weighted by atomic mass is 35.5. The third-order valence-electron chi connectivity index (χ3n) is 2.27. The Kier molecular flexibility index (Phi) is 4.11. The standard InChI is InChI=1S/C9H7Cl2N7O2/c10-6-2-7(11)8(18(19)20)1-5(6)3-13-15-9-16-14-4-17(9)12/h1-2,4H,3,12H2. The molecule has 2 rings (SSSR count). The smallest absolute Gasteiger partial charge is 0.288 e. The second-order valence-corrected chi connectivity index (χ2v) is 4.40. The van der Waals surface area contributed by atoms with Gasteiger partial charge >= 0.3 is 0 Å². The zero-order valence-corrected chi connectivity index (χ0v) is 11.3. The van der Waals surface area contributed by atoms with Crippen molar-refractivity contribution in [3.63, 3.8) is 0 Å². The van der Waals surface area contributed by atoms with Crippen LogP contribution in [0.15, 0.2) is 28.7 Å². The summed E-state index contributed by atoms with van der Waals surface area (Å²) in [6.45, 7) is 0.0176. The summed E-state index contributed by atoms with van der Waals surface area (Å²) in [4.78, 5) is 10.2. The van der Waals surface area contributed by atoms with Gasteiger partial charge in [-0.15, -0.1) is 15.3 Å². The first-order valence-corrected chi connectivity index (χ1v) is 5.89. The van der Waals surface area contributed by atoms with Crippen molar-refractivity contribution in [2.24, 2.45) is 10.2 Å². The van der Waals surface area contributed by atoms with Crippen LogP contribution < -0.4 is 5.84 Å². The predicted octanol–water partition coefficient (Wildman–Crippen LogP) is 2.49. The van der Waals surface area contributed by atoms with Gasteiger partial charge in [-0.05, 0) is 6.07 Å². The minimum absolute atomic E-state index is 0.0176. The van der Waals surface area contributed by atoms with Gasteiger partial charge in [0.25, 0.3) is 11.6 Å². The number of hydrogen-bond acceptors (Lipinski definition) is 7. The van der Waals surface area contributed by atoms with Gasteiger partial charge in [0, 0.05) is 16.7 Å². The molecule has 0 amide bonds. The number of hydrogen-bond donors (Lipinski definition) is 1. The zero-order valence-electron chi connectivity index (χ0n) is 9.77. The predicted molar refractivity (Wildman–Crippen MR) is 71.5 cm³/mol. The number of azo groups is 1. The van der Waals surface area contributed by atoms with Gasteiger partial charge in [-0.25, -0.2) is 4.68 Å². The van der Waals surface area contributed by atoms with Crippen LogP contribution in [0.1, 0.15) is 5.56 Å². The molecule has 0 aliphatic rings. The van der Waals surface area contributed by atoms with Crippen LogP contribution in [0.5, 0.6) is 0 Å². The van der Waals surface area contributed by atoms with E-state index in [1.54, 1.807) is 0 Å². The normalized spacial score (nSPS) is 11.1. The van der Waals surface area contributed by atoms with Crippen LogP contribution in [0.4, 0.5) is 11.6 Å². The lowest BCUT2D eigenvalue weighted by Crippen LogP contribution is -2.04. The summed E-state index contributed by atoms with van der Waals surface area (Å²) in [7, 11) is 0.